The summed E-state index contributed by atoms with van der Waals surface area (Å²) in [7, 11) is 0. The van der Waals surface area contributed by atoms with E-state index in [1.54, 1.807) is 0 Å². The van der Waals surface area contributed by atoms with Crippen molar-refractivity contribution in [1.82, 2.24) is 0 Å². The Balaban J connectivity index is 2.52. The molecule has 0 saturated carbocycles. The fraction of sp³-hybridized carbons (Fsp3) is 0.500. The van der Waals surface area contributed by atoms with E-state index in [9.17, 15) is 80.6 Å². The van der Waals surface area contributed by atoms with E-state index in [2.05, 4.69) is 4.74 Å². The second-order valence-electron chi connectivity index (χ2n) is 7.18. The minimum Gasteiger partial charge on any atom is -0.504 e. The van der Waals surface area contributed by atoms with Crippen molar-refractivity contribution in [3.63, 3.8) is 0 Å². The molecule has 0 aromatic heterocycles. The molecule has 6 nitrogen and oxygen atoms in total. The molecule has 0 fully saturated rings. The molecule has 0 atom stereocenters. The van der Waals surface area contributed by atoms with Crippen molar-refractivity contribution in [3.05, 3.63) is 11.1 Å². The van der Waals surface area contributed by atoms with Crippen molar-refractivity contribution in [3.8, 4) is 11.5 Å². The smallest absolute Gasteiger partial charge is 0.460 e. The Bertz CT molecular complexity index is 1150. The van der Waals surface area contributed by atoms with Crippen LogP contribution in [0.1, 0.15) is 0 Å². The van der Waals surface area contributed by atoms with Crippen LogP contribution in [0.5, 0.6) is 11.5 Å². The van der Waals surface area contributed by atoms with Crippen molar-refractivity contribution >= 4 is 34.9 Å². The summed E-state index contributed by atoms with van der Waals surface area (Å²) >= 11 is 5.55. The molecule has 38 heavy (non-hydrogen) atoms. The number of carbonyl (C=O) groups is 2. The molecule has 22 heteroatoms. The van der Waals surface area contributed by atoms with Crippen LogP contribution in [0.4, 0.5) is 77.2 Å². The molecule has 0 spiro atoms. The lowest BCUT2D eigenvalue weighted by atomic mass is 9.91. The van der Waals surface area contributed by atoms with Crippen molar-refractivity contribution < 1.29 is 85.3 Å². The molecule has 1 aromatic rings. The molecule has 0 aliphatic carbocycles. The van der Waals surface area contributed by atoms with Crippen LogP contribution in [0.2, 0.25) is 5.02 Å². The highest BCUT2D eigenvalue weighted by Gasteiger charge is 2.94. The van der Waals surface area contributed by atoms with Gasteiger partial charge in [0.1, 0.15) is 12.2 Å². The minimum absolute atomic E-state index is 0.160. The highest BCUT2D eigenvalue weighted by atomic mass is 35.5. The first-order chi connectivity index (χ1) is 16.7. The quantitative estimate of drug-likeness (QED) is 0.160. The van der Waals surface area contributed by atoms with Gasteiger partial charge < -0.3 is 20.5 Å². The summed E-state index contributed by atoms with van der Waals surface area (Å²) in [6.07, 6.45) is -7.77. The lowest BCUT2D eigenvalue weighted by Crippen LogP contribution is -2.73. The number of amides is 1. The van der Waals surface area contributed by atoms with Gasteiger partial charge in [-0.3, -0.25) is 4.79 Å². The maximum atomic E-state index is 14.0. The van der Waals surface area contributed by atoms with Gasteiger partial charge in [-0.05, 0) is 6.07 Å². The first-order valence-electron chi connectivity index (χ1n) is 8.85. The summed E-state index contributed by atoms with van der Waals surface area (Å²) in [5.74, 6) is -56.1. The molecule has 0 radical (unpaired) electrons. The number of hydrogen-bond donors (Lipinski definition) is 3. The second kappa shape index (κ2) is 8.76. The van der Waals surface area contributed by atoms with E-state index in [4.69, 9.17) is 11.6 Å². The number of anilines is 2. The molecular weight excluding hydrogens is 605 g/mol. The Hall–Kier alpha value is -3.00. The van der Waals surface area contributed by atoms with Crippen LogP contribution in [0.15, 0.2) is 6.07 Å². The number of hydrogen-bond acceptors (Lipinski definition) is 5. The molecule has 1 aromatic carbocycles. The normalized spacial score (nSPS) is 15.9. The lowest BCUT2D eigenvalue weighted by Gasteiger charge is -2.41. The average molecular weight is 611 g/mol. The maximum absolute atomic E-state index is 14.0. The first-order valence-corrected chi connectivity index (χ1v) is 9.23. The number of alkyl halides is 15. The monoisotopic (exact) mass is 610 g/mol. The molecular formula is C16H6ClF15N2O4. The highest BCUT2D eigenvalue weighted by molar-refractivity contribution is 6.33. The topological polar surface area (TPSA) is 87.7 Å². The van der Waals surface area contributed by atoms with E-state index in [-0.39, 0.29) is 6.07 Å². The zero-order valence-corrected chi connectivity index (χ0v) is 17.8. The van der Waals surface area contributed by atoms with Gasteiger partial charge >= 0.3 is 53.6 Å². The molecule has 216 valence electrons. The Morgan fingerprint density at radius 2 is 1.29 bits per heavy atom. The summed E-state index contributed by atoms with van der Waals surface area (Å²) in [4.78, 5) is 22.8. The number of halogens is 16. The zero-order valence-electron chi connectivity index (χ0n) is 17.0. The van der Waals surface area contributed by atoms with E-state index in [1.807, 2.05) is 5.32 Å². The van der Waals surface area contributed by atoms with Gasteiger partial charge in [0.05, 0.1) is 10.7 Å². The predicted molar refractivity (Wildman–Crippen MR) is 91.6 cm³/mol. The van der Waals surface area contributed by atoms with Crippen LogP contribution in [-0.2, 0) is 9.59 Å². The fourth-order valence-electron chi connectivity index (χ4n) is 2.60. The highest BCUT2D eigenvalue weighted by Crippen LogP contribution is 2.62. The van der Waals surface area contributed by atoms with E-state index in [0.29, 0.717) is 5.32 Å². The molecule has 0 saturated heterocycles. The van der Waals surface area contributed by atoms with E-state index >= 15 is 0 Å². The van der Waals surface area contributed by atoms with E-state index in [0.717, 1.165) is 0 Å². The maximum Gasteiger partial charge on any atom is 0.460 e. The third kappa shape index (κ3) is 4.17. The van der Waals surface area contributed by atoms with Crippen LogP contribution >= 0.6 is 11.6 Å². The number of fused-ring (bicyclic) bond motifs is 1. The SMILES string of the molecule is O=C1CNc2c(O)c(NC(=O)C(F)(F)C(F)(F)C(F)(F)C(F)(F)C(F)(F)C(F)(F)C(F)(F)F)cc(Cl)c2O1. The van der Waals surface area contributed by atoms with Gasteiger partial charge in [-0.15, -0.1) is 0 Å². The number of rotatable bonds is 7. The number of esters is 1. The van der Waals surface area contributed by atoms with Crippen molar-refractivity contribution in [1.29, 1.82) is 0 Å². The van der Waals surface area contributed by atoms with E-state index < -0.39 is 88.0 Å². The van der Waals surface area contributed by atoms with Crippen molar-refractivity contribution in [2.45, 2.75) is 41.7 Å². The van der Waals surface area contributed by atoms with Gasteiger partial charge in [-0.1, -0.05) is 11.6 Å². The Labute approximate surface area is 202 Å². The van der Waals surface area contributed by atoms with Gasteiger partial charge in [0.2, 0.25) is 0 Å². The van der Waals surface area contributed by atoms with Crippen LogP contribution in [0.3, 0.4) is 0 Å². The van der Waals surface area contributed by atoms with Crippen LogP contribution < -0.4 is 15.4 Å². The van der Waals surface area contributed by atoms with Crippen molar-refractivity contribution in [2.24, 2.45) is 0 Å². The standard InChI is InChI=1S/C16H6ClF15N2O4/c17-3-1-4(7(36)6-8(3)38-5(35)2-33-6)34-9(37)10(18,19)11(20,21)12(22,23)13(24,25)14(26,27)15(28,29)16(30,31)32/h1,33,36H,2H2,(H,34,37). The number of ether oxygens (including phenoxy) is 1. The molecule has 1 aliphatic heterocycles. The molecule has 0 bridgehead atoms. The molecule has 2 rings (SSSR count). The van der Waals surface area contributed by atoms with Crippen LogP contribution in [0.25, 0.3) is 0 Å². The van der Waals surface area contributed by atoms with Crippen LogP contribution in [-0.4, -0.2) is 65.2 Å². The molecule has 1 aliphatic rings. The van der Waals surface area contributed by atoms with E-state index in [1.165, 1.54) is 0 Å². The first kappa shape index (κ1) is 31.2. The Kier molecular flexibility index (Phi) is 7.20. The number of nitrogens with one attached hydrogen (secondary N) is 2. The Morgan fingerprint density at radius 1 is 0.842 bits per heavy atom. The number of phenolic OH excluding ortho intramolecular Hbond substituents is 1. The third-order valence-electron chi connectivity index (χ3n) is 4.69. The summed E-state index contributed by atoms with van der Waals surface area (Å²) in [5, 5.41) is 11.7. The number of phenols is 1. The molecule has 1 amide bonds. The van der Waals surface area contributed by atoms with Gasteiger partial charge in [0.15, 0.2) is 11.5 Å². The molecule has 3 N–H and O–H groups in total. The number of aromatic hydroxyl groups is 1. The van der Waals surface area contributed by atoms with Crippen LogP contribution in [0, 0.1) is 0 Å². The summed E-state index contributed by atoms with van der Waals surface area (Å²) in [6.45, 7) is -0.763. The summed E-state index contributed by atoms with van der Waals surface area (Å²) in [6, 6.07) is 0.160. The summed E-state index contributed by atoms with van der Waals surface area (Å²) in [5.41, 5.74) is -2.29. The molecule has 0 unspecified atom stereocenters. The average Bonchev–Trinajstić information content (AvgIpc) is 2.75. The summed E-state index contributed by atoms with van der Waals surface area (Å²) < 4.78 is 203. The fourth-order valence-corrected chi connectivity index (χ4v) is 2.84. The van der Waals surface area contributed by atoms with Crippen molar-refractivity contribution in [2.75, 3.05) is 17.2 Å². The van der Waals surface area contributed by atoms with Gasteiger partial charge in [-0.25, -0.2) is 4.79 Å². The van der Waals surface area contributed by atoms with Gasteiger partial charge in [0, 0.05) is 0 Å². The predicted octanol–water partition coefficient (Wildman–Crippen LogP) is 5.69. The zero-order chi connectivity index (χ0) is 30.1. The third-order valence-corrected chi connectivity index (χ3v) is 4.97. The van der Waals surface area contributed by atoms with Gasteiger partial charge in [-0.2, -0.15) is 65.9 Å². The molecule has 1 heterocycles. The Morgan fingerprint density at radius 3 is 1.76 bits per heavy atom. The largest absolute Gasteiger partial charge is 0.504 e. The van der Waals surface area contributed by atoms with Gasteiger partial charge in [0.25, 0.3) is 0 Å². The minimum atomic E-state index is -8.57. The lowest BCUT2D eigenvalue weighted by molar-refractivity contribution is -0.449. The number of carbonyl (C=O) groups excluding carboxylic acids is 2. The number of benzene rings is 1. The second-order valence-corrected chi connectivity index (χ2v) is 7.59.